The normalized spacial score (nSPS) is 35.8. The van der Waals surface area contributed by atoms with Gasteiger partial charge in [-0.05, 0) is 42.4 Å². The summed E-state index contributed by atoms with van der Waals surface area (Å²) in [7, 11) is 0. The third-order valence-electron chi connectivity index (χ3n) is 4.36. The van der Waals surface area contributed by atoms with Gasteiger partial charge in [0, 0.05) is 0 Å². The molecule has 0 unspecified atom stereocenters. The zero-order chi connectivity index (χ0) is 7.41. The van der Waals surface area contributed by atoms with Crippen LogP contribution in [0.15, 0.2) is 0 Å². The van der Waals surface area contributed by atoms with Crippen LogP contribution in [-0.2, 0) is 0 Å². The van der Waals surface area contributed by atoms with Gasteiger partial charge in [0.05, 0.1) is 0 Å². The average molecular weight is 343 g/mol. The van der Waals surface area contributed by atoms with Gasteiger partial charge in [0.1, 0.15) is 0 Å². The van der Waals surface area contributed by atoms with Gasteiger partial charge in [-0.1, -0.05) is 28.2 Å². The zero-order valence-corrected chi connectivity index (χ0v) is 12.9. The van der Waals surface area contributed by atoms with Crippen molar-refractivity contribution < 1.29 is 24.8 Å². The van der Waals surface area contributed by atoms with Crippen LogP contribution in [0.1, 0.15) is 47.5 Å². The summed E-state index contributed by atoms with van der Waals surface area (Å²) in [5, 5.41) is 0. The monoisotopic (exact) mass is 343 g/mol. The molecule has 0 N–H and O–H groups in total. The van der Waals surface area contributed by atoms with E-state index in [0.717, 1.165) is 5.92 Å². The molecule has 14 heavy (non-hydrogen) atoms. The third-order valence-corrected chi connectivity index (χ3v) is 4.36. The maximum atomic E-state index is 2.56. The van der Waals surface area contributed by atoms with Crippen molar-refractivity contribution in [1.29, 1.82) is 0 Å². The molecule has 0 spiro atoms. The van der Waals surface area contributed by atoms with Gasteiger partial charge in [0.2, 0.25) is 0 Å². The fourth-order valence-corrected chi connectivity index (χ4v) is 2.80. The minimum atomic E-state index is 0. The van der Waals surface area contributed by atoms with E-state index < -0.39 is 0 Å². The zero-order valence-electron chi connectivity index (χ0n) is 8.53. The number of rotatable bonds is 0. The van der Waals surface area contributed by atoms with Gasteiger partial charge in [-0.3, -0.25) is 0 Å². The molecule has 83 valence electrons. The Morgan fingerprint density at radius 2 is 1.64 bits per heavy atom. The van der Waals surface area contributed by atoms with Crippen molar-refractivity contribution in [2.45, 2.75) is 47.5 Å². The molecule has 2 saturated carbocycles. The summed E-state index contributed by atoms with van der Waals surface area (Å²) in [6.45, 7) is 7.31. The van der Waals surface area contributed by atoms with Crippen molar-refractivity contribution in [3.05, 3.63) is 6.42 Å². The third kappa shape index (κ3) is 2.55. The van der Waals surface area contributed by atoms with Crippen LogP contribution >= 0.6 is 0 Å². The summed E-state index contributed by atoms with van der Waals surface area (Å²) in [4.78, 5) is 0. The summed E-state index contributed by atoms with van der Waals surface area (Å²) in [6, 6.07) is 0. The van der Waals surface area contributed by atoms with E-state index in [1.165, 1.54) is 19.3 Å². The molecule has 0 aromatic rings. The van der Waals surface area contributed by atoms with Crippen LogP contribution in [0.5, 0.6) is 0 Å². The van der Waals surface area contributed by atoms with Gasteiger partial charge in [-0.2, -0.15) is 0 Å². The van der Waals surface area contributed by atoms with Crippen LogP contribution in [0.3, 0.4) is 0 Å². The molecule has 2 rings (SSSR count). The van der Waals surface area contributed by atoms with Gasteiger partial charge >= 0.3 is 23.9 Å². The fourth-order valence-electron chi connectivity index (χ4n) is 2.80. The van der Waals surface area contributed by atoms with Crippen molar-refractivity contribution >= 4 is 23.9 Å². The van der Waals surface area contributed by atoms with Crippen LogP contribution in [0, 0.1) is 23.2 Å². The van der Waals surface area contributed by atoms with E-state index in [4.69, 9.17) is 0 Å². The molecule has 2 atom stereocenters. The fraction of sp³-hybridized carbons (Fsp3) is 0.909. The summed E-state index contributed by atoms with van der Waals surface area (Å²) in [5.41, 5.74) is 1.19. The minimum absolute atomic E-state index is 0. The van der Waals surface area contributed by atoms with Crippen molar-refractivity contribution in [3.8, 4) is 0 Å². The SMILES string of the molecule is C.CC1(C)[C@H]2C[CH][C@]1(C)CC2.[Cl-].[Cl-].[Sn+2]. The number of hydrogen-bond donors (Lipinski definition) is 0. The Hall–Kier alpha value is 1.38. The Kier molecular flexibility index (Phi) is 9.18. The van der Waals surface area contributed by atoms with Gasteiger partial charge < -0.3 is 24.8 Å². The van der Waals surface area contributed by atoms with E-state index in [2.05, 4.69) is 27.2 Å². The van der Waals surface area contributed by atoms with Crippen LogP contribution < -0.4 is 24.8 Å². The van der Waals surface area contributed by atoms with E-state index in [9.17, 15) is 0 Å². The van der Waals surface area contributed by atoms with Gasteiger partial charge in [0.15, 0.2) is 0 Å². The predicted molar refractivity (Wildman–Crippen MR) is 56.0 cm³/mol. The first-order chi connectivity index (χ1) is 4.56. The Morgan fingerprint density at radius 1 is 1.14 bits per heavy atom. The molecule has 0 heterocycles. The van der Waals surface area contributed by atoms with E-state index >= 15 is 0 Å². The Labute approximate surface area is 119 Å². The number of halogens is 2. The van der Waals surface area contributed by atoms with Crippen LogP contribution in [0.2, 0.25) is 0 Å². The van der Waals surface area contributed by atoms with E-state index in [1.54, 1.807) is 0 Å². The molecule has 3 radical (unpaired) electrons. The van der Waals surface area contributed by atoms with E-state index in [-0.39, 0.29) is 56.1 Å². The summed E-state index contributed by atoms with van der Waals surface area (Å²) in [5.74, 6) is 0.998. The summed E-state index contributed by atoms with van der Waals surface area (Å²) in [6.07, 6.45) is 6.84. The Bertz CT molecular complexity index is 158. The van der Waals surface area contributed by atoms with E-state index in [0.29, 0.717) is 10.8 Å². The van der Waals surface area contributed by atoms with Crippen LogP contribution in [-0.4, -0.2) is 23.9 Å². The second-order valence-corrected chi connectivity index (χ2v) is 4.81. The standard InChI is InChI=1S/C10H17.CH4.2ClH.Sn/c1-9(2)8-4-6-10(9,3)7-5-8;;;;/h6,8H,4-5,7H2,1-3H3;1H4;2*1H;/q;;;;+2/p-2/t8-,10+;;;;/m0..../s1. The molecule has 0 saturated heterocycles. The van der Waals surface area contributed by atoms with Gasteiger partial charge in [-0.25, -0.2) is 0 Å². The molecular formula is C11H21Cl2Sn. The Morgan fingerprint density at radius 3 is 1.71 bits per heavy atom. The van der Waals surface area contributed by atoms with Crippen LogP contribution in [0.4, 0.5) is 0 Å². The van der Waals surface area contributed by atoms with E-state index in [1.807, 2.05) is 0 Å². The number of fused-ring (bicyclic) bond motifs is 2. The molecule has 0 aromatic carbocycles. The second-order valence-electron chi connectivity index (χ2n) is 4.81. The first kappa shape index (κ1) is 20.7. The number of hydrogen-bond acceptors (Lipinski definition) is 0. The van der Waals surface area contributed by atoms with Crippen LogP contribution in [0.25, 0.3) is 0 Å². The smallest absolute Gasteiger partial charge is 1.00 e. The quantitative estimate of drug-likeness (QED) is 0.420. The molecule has 0 aliphatic heterocycles. The van der Waals surface area contributed by atoms with Crippen molar-refractivity contribution in [3.63, 3.8) is 0 Å². The predicted octanol–water partition coefficient (Wildman–Crippen LogP) is -2.70. The van der Waals surface area contributed by atoms with Gasteiger partial charge in [0.25, 0.3) is 0 Å². The Balaban J connectivity index is -0.000000302. The molecule has 3 heteroatoms. The molecular weight excluding hydrogens is 322 g/mol. The molecule has 0 amide bonds. The summed E-state index contributed by atoms with van der Waals surface area (Å²) >= 11 is 0. The molecule has 2 bridgehead atoms. The topological polar surface area (TPSA) is 0 Å². The molecule has 2 aliphatic rings. The molecule has 0 nitrogen and oxygen atoms in total. The first-order valence-electron chi connectivity index (χ1n) is 4.41. The largest absolute Gasteiger partial charge is 2.00 e. The maximum Gasteiger partial charge on any atom is 2.00 e. The second kappa shape index (κ2) is 6.20. The van der Waals surface area contributed by atoms with Gasteiger partial charge in [-0.15, -0.1) is 0 Å². The minimum Gasteiger partial charge on any atom is -1.00 e. The van der Waals surface area contributed by atoms with Crippen molar-refractivity contribution in [2.24, 2.45) is 16.7 Å². The first-order valence-corrected chi connectivity index (χ1v) is 4.41. The molecule has 0 aromatic heterocycles. The molecule has 2 fully saturated rings. The van der Waals surface area contributed by atoms with Crippen molar-refractivity contribution in [1.82, 2.24) is 0 Å². The maximum absolute atomic E-state index is 2.56. The summed E-state index contributed by atoms with van der Waals surface area (Å²) < 4.78 is 0. The van der Waals surface area contributed by atoms with Crippen molar-refractivity contribution in [2.75, 3.05) is 0 Å². The molecule has 2 aliphatic carbocycles. The average Bonchev–Trinajstić information content (AvgIpc) is 2.18.